The van der Waals surface area contributed by atoms with Crippen molar-refractivity contribution in [3.05, 3.63) is 53.1 Å². The number of aromatic nitrogens is 3. The first-order chi connectivity index (χ1) is 12.5. The molecule has 0 radical (unpaired) electrons. The number of carbonyl (C=O) groups excluding carboxylic acids is 1. The van der Waals surface area contributed by atoms with E-state index in [1.807, 2.05) is 37.3 Å². The van der Waals surface area contributed by atoms with Gasteiger partial charge < -0.3 is 4.74 Å². The molecule has 3 rings (SSSR count). The predicted octanol–water partition coefficient (Wildman–Crippen LogP) is 2.96. The average Bonchev–Trinajstić information content (AvgIpc) is 3.02. The van der Waals surface area contributed by atoms with Crippen molar-refractivity contribution in [2.24, 2.45) is 5.10 Å². The first-order valence-corrected chi connectivity index (χ1v) is 8.40. The van der Waals surface area contributed by atoms with Gasteiger partial charge in [-0.3, -0.25) is 4.79 Å². The number of hydrazone groups is 1. The third-order valence-electron chi connectivity index (χ3n) is 3.62. The van der Waals surface area contributed by atoms with E-state index in [1.165, 1.54) is 0 Å². The van der Waals surface area contributed by atoms with Crippen LogP contribution < -0.4 is 10.2 Å². The van der Waals surface area contributed by atoms with E-state index < -0.39 is 0 Å². The number of nitrogens with one attached hydrogen (secondary N) is 1. The Bertz CT molecular complexity index is 967. The SMILES string of the molecule is CC(Cn1nnc2ccccc21)=NNC(=O)COc1ccc(C)cc1Cl. The van der Waals surface area contributed by atoms with Crippen LogP contribution in [0.2, 0.25) is 5.02 Å². The molecular formula is C18H18ClN5O2. The minimum atomic E-state index is -0.371. The van der Waals surface area contributed by atoms with Crippen LogP contribution in [0.25, 0.3) is 11.0 Å². The van der Waals surface area contributed by atoms with E-state index >= 15 is 0 Å². The van der Waals surface area contributed by atoms with Crippen molar-refractivity contribution in [3.8, 4) is 5.75 Å². The molecule has 7 nitrogen and oxygen atoms in total. The highest BCUT2D eigenvalue weighted by Gasteiger charge is 2.07. The minimum Gasteiger partial charge on any atom is -0.482 e. The number of hydrogen-bond donors (Lipinski definition) is 1. The zero-order chi connectivity index (χ0) is 18.5. The summed E-state index contributed by atoms with van der Waals surface area (Å²) in [7, 11) is 0. The Balaban J connectivity index is 1.54. The van der Waals surface area contributed by atoms with Crippen LogP contribution in [0, 0.1) is 6.92 Å². The van der Waals surface area contributed by atoms with Gasteiger partial charge >= 0.3 is 0 Å². The average molecular weight is 372 g/mol. The highest BCUT2D eigenvalue weighted by Crippen LogP contribution is 2.24. The van der Waals surface area contributed by atoms with Crippen LogP contribution in [0.5, 0.6) is 5.75 Å². The van der Waals surface area contributed by atoms with Crippen molar-refractivity contribution in [2.75, 3.05) is 6.61 Å². The number of hydrogen-bond acceptors (Lipinski definition) is 5. The third kappa shape index (κ3) is 4.37. The lowest BCUT2D eigenvalue weighted by molar-refractivity contribution is -0.123. The fourth-order valence-corrected chi connectivity index (χ4v) is 2.63. The number of ether oxygens (including phenoxy) is 1. The van der Waals surface area contributed by atoms with Gasteiger partial charge in [-0.05, 0) is 43.7 Å². The summed E-state index contributed by atoms with van der Waals surface area (Å²) in [4.78, 5) is 11.9. The van der Waals surface area contributed by atoms with E-state index in [0.29, 0.717) is 23.0 Å². The van der Waals surface area contributed by atoms with Crippen LogP contribution in [-0.2, 0) is 11.3 Å². The molecule has 0 atom stereocenters. The molecule has 0 aliphatic rings. The van der Waals surface area contributed by atoms with E-state index in [0.717, 1.165) is 16.6 Å². The quantitative estimate of drug-likeness (QED) is 0.533. The highest BCUT2D eigenvalue weighted by molar-refractivity contribution is 6.32. The van der Waals surface area contributed by atoms with Crippen molar-refractivity contribution in [3.63, 3.8) is 0 Å². The maximum absolute atomic E-state index is 11.9. The summed E-state index contributed by atoms with van der Waals surface area (Å²) >= 11 is 6.07. The second kappa shape index (κ2) is 7.97. The summed E-state index contributed by atoms with van der Waals surface area (Å²) in [6.45, 7) is 3.98. The number of rotatable bonds is 6. The standard InChI is InChI=1S/C18H18ClN5O2/c1-12-7-8-17(14(19)9-12)26-11-18(25)22-20-13(2)10-24-16-6-4-3-5-15(16)21-23-24/h3-9H,10-11H2,1-2H3,(H,22,25). The first-order valence-electron chi connectivity index (χ1n) is 8.02. The van der Waals surface area contributed by atoms with Crippen molar-refractivity contribution in [1.82, 2.24) is 20.4 Å². The molecule has 0 bridgehead atoms. The van der Waals surface area contributed by atoms with Gasteiger partial charge in [0.1, 0.15) is 11.3 Å². The second-order valence-corrected chi connectivity index (χ2v) is 6.25. The Hall–Kier alpha value is -2.93. The number of amides is 1. The van der Waals surface area contributed by atoms with Crippen LogP contribution in [0.15, 0.2) is 47.6 Å². The van der Waals surface area contributed by atoms with Gasteiger partial charge in [0.2, 0.25) is 0 Å². The molecule has 1 amide bonds. The molecule has 8 heteroatoms. The lowest BCUT2D eigenvalue weighted by atomic mass is 10.2. The molecule has 0 fully saturated rings. The lowest BCUT2D eigenvalue weighted by Crippen LogP contribution is -2.26. The third-order valence-corrected chi connectivity index (χ3v) is 3.91. The Morgan fingerprint density at radius 1 is 1.31 bits per heavy atom. The van der Waals surface area contributed by atoms with E-state index in [2.05, 4.69) is 20.8 Å². The smallest absolute Gasteiger partial charge is 0.277 e. The van der Waals surface area contributed by atoms with Crippen LogP contribution in [0.4, 0.5) is 0 Å². The molecule has 0 aliphatic carbocycles. The molecule has 0 aliphatic heterocycles. The van der Waals surface area contributed by atoms with E-state index in [1.54, 1.807) is 23.7 Å². The molecular weight excluding hydrogens is 354 g/mol. The number of benzene rings is 2. The fraction of sp³-hybridized carbons (Fsp3) is 0.222. The monoisotopic (exact) mass is 371 g/mol. The molecule has 1 aromatic heterocycles. The summed E-state index contributed by atoms with van der Waals surface area (Å²) in [5.74, 6) is 0.0895. The minimum absolute atomic E-state index is 0.175. The first kappa shape index (κ1) is 17.9. The van der Waals surface area contributed by atoms with Crippen LogP contribution in [0.3, 0.4) is 0 Å². The number of carbonyl (C=O) groups is 1. The maximum Gasteiger partial charge on any atom is 0.277 e. The number of fused-ring (bicyclic) bond motifs is 1. The summed E-state index contributed by atoms with van der Waals surface area (Å²) < 4.78 is 7.13. The van der Waals surface area contributed by atoms with Gasteiger partial charge in [0.05, 0.1) is 22.8 Å². The predicted molar refractivity (Wildman–Crippen MR) is 100 cm³/mol. The van der Waals surface area contributed by atoms with Crippen molar-refractivity contribution in [2.45, 2.75) is 20.4 Å². The highest BCUT2D eigenvalue weighted by atomic mass is 35.5. The van der Waals surface area contributed by atoms with Crippen molar-refractivity contribution >= 4 is 34.3 Å². The number of para-hydroxylation sites is 1. The van der Waals surface area contributed by atoms with Crippen molar-refractivity contribution < 1.29 is 9.53 Å². The molecule has 3 aromatic rings. The summed E-state index contributed by atoms with van der Waals surface area (Å²) in [6.07, 6.45) is 0. The van der Waals surface area contributed by atoms with Crippen LogP contribution in [-0.4, -0.2) is 33.2 Å². The molecule has 134 valence electrons. The van der Waals surface area contributed by atoms with E-state index in [-0.39, 0.29) is 12.5 Å². The molecule has 1 heterocycles. The Morgan fingerprint density at radius 2 is 2.12 bits per heavy atom. The molecule has 1 N–H and O–H groups in total. The molecule has 0 unspecified atom stereocenters. The molecule has 2 aromatic carbocycles. The van der Waals surface area contributed by atoms with E-state index in [4.69, 9.17) is 16.3 Å². The molecule has 0 saturated heterocycles. The second-order valence-electron chi connectivity index (χ2n) is 5.84. The van der Waals surface area contributed by atoms with E-state index in [9.17, 15) is 4.79 Å². The van der Waals surface area contributed by atoms with Gasteiger partial charge in [0, 0.05) is 0 Å². The summed E-state index contributed by atoms with van der Waals surface area (Å²) in [6, 6.07) is 13.0. The molecule has 26 heavy (non-hydrogen) atoms. The molecule has 0 saturated carbocycles. The lowest BCUT2D eigenvalue weighted by Gasteiger charge is -2.08. The summed E-state index contributed by atoms with van der Waals surface area (Å²) in [5.41, 5.74) is 5.89. The van der Waals surface area contributed by atoms with Gasteiger partial charge in [0.15, 0.2) is 6.61 Å². The number of nitrogens with zero attached hydrogens (tertiary/aromatic N) is 4. The Labute approximate surface area is 155 Å². The van der Waals surface area contributed by atoms with Crippen molar-refractivity contribution in [1.29, 1.82) is 0 Å². The topological polar surface area (TPSA) is 81.4 Å². The zero-order valence-corrected chi connectivity index (χ0v) is 15.2. The maximum atomic E-state index is 11.9. The fourth-order valence-electron chi connectivity index (χ4n) is 2.34. The largest absolute Gasteiger partial charge is 0.482 e. The van der Waals surface area contributed by atoms with Gasteiger partial charge in [-0.25, -0.2) is 10.1 Å². The Kier molecular flexibility index (Phi) is 5.48. The van der Waals surface area contributed by atoms with Gasteiger partial charge in [-0.15, -0.1) is 5.10 Å². The number of aryl methyl sites for hydroxylation is 1. The van der Waals surface area contributed by atoms with Crippen LogP contribution in [0.1, 0.15) is 12.5 Å². The van der Waals surface area contributed by atoms with Gasteiger partial charge in [-0.1, -0.05) is 35.0 Å². The van der Waals surface area contributed by atoms with Gasteiger partial charge in [-0.2, -0.15) is 5.10 Å². The molecule has 0 spiro atoms. The Morgan fingerprint density at radius 3 is 2.92 bits per heavy atom. The van der Waals surface area contributed by atoms with Gasteiger partial charge in [0.25, 0.3) is 5.91 Å². The summed E-state index contributed by atoms with van der Waals surface area (Å²) in [5, 5.41) is 12.7. The number of halogens is 1. The normalized spacial score (nSPS) is 11.6. The van der Waals surface area contributed by atoms with Crippen LogP contribution >= 0.6 is 11.6 Å². The zero-order valence-electron chi connectivity index (χ0n) is 14.4.